The first-order valence-electron chi connectivity index (χ1n) is 8.39. The fourth-order valence-corrected chi connectivity index (χ4v) is 3.75. The van der Waals surface area contributed by atoms with Gasteiger partial charge in [-0.05, 0) is 18.2 Å². The summed E-state index contributed by atoms with van der Waals surface area (Å²) in [6.45, 7) is 0.601. The lowest BCUT2D eigenvalue weighted by Gasteiger charge is -2.18. The second-order valence-corrected chi connectivity index (χ2v) is 7.09. The van der Waals surface area contributed by atoms with Gasteiger partial charge in [0.15, 0.2) is 5.01 Å². The largest absolute Gasteiger partial charge is 0.497 e. The molecule has 1 amide bonds. The van der Waals surface area contributed by atoms with Crippen molar-refractivity contribution in [2.45, 2.75) is 19.0 Å². The summed E-state index contributed by atoms with van der Waals surface area (Å²) >= 11 is 1.35. The lowest BCUT2D eigenvalue weighted by atomic mass is 10.1. The van der Waals surface area contributed by atoms with Crippen LogP contribution in [-0.2, 0) is 13.0 Å². The summed E-state index contributed by atoms with van der Waals surface area (Å²) in [6.07, 6.45) is 9.34. The molecule has 3 heterocycles. The topological polar surface area (TPSA) is 97.7 Å². The Balaban J connectivity index is 1.53. The quantitative estimate of drug-likeness (QED) is 0.511. The number of nitrogens with zero attached hydrogens (tertiary/aromatic N) is 4. The molecule has 27 heavy (non-hydrogen) atoms. The lowest BCUT2D eigenvalue weighted by molar-refractivity contribution is 0.0932. The van der Waals surface area contributed by atoms with Crippen molar-refractivity contribution in [1.82, 2.24) is 29.8 Å². The predicted molar refractivity (Wildman–Crippen MR) is 102 cm³/mol. The molecule has 0 saturated heterocycles. The van der Waals surface area contributed by atoms with Gasteiger partial charge in [0.1, 0.15) is 5.75 Å². The molecular weight excluding hydrogens is 364 g/mol. The molecule has 0 aliphatic carbocycles. The Labute approximate surface area is 159 Å². The molecule has 138 valence electrons. The number of carbonyl (C=O) groups excluding carboxylic acids is 1. The van der Waals surface area contributed by atoms with Crippen LogP contribution in [0.5, 0.6) is 5.75 Å². The van der Waals surface area contributed by atoms with Crippen LogP contribution in [0.4, 0.5) is 0 Å². The van der Waals surface area contributed by atoms with Crippen molar-refractivity contribution in [3.05, 3.63) is 60.1 Å². The van der Waals surface area contributed by atoms with Crippen molar-refractivity contribution in [3.63, 3.8) is 0 Å². The molecule has 1 atom stereocenters. The third-order valence-corrected chi connectivity index (χ3v) is 5.15. The van der Waals surface area contributed by atoms with E-state index in [-0.39, 0.29) is 11.9 Å². The van der Waals surface area contributed by atoms with E-state index in [1.54, 1.807) is 32.2 Å². The third-order valence-electron chi connectivity index (χ3n) is 4.14. The number of thiazole rings is 1. The number of amides is 1. The van der Waals surface area contributed by atoms with Gasteiger partial charge in [-0.2, -0.15) is 0 Å². The molecule has 0 fully saturated rings. The average molecular weight is 382 g/mol. The van der Waals surface area contributed by atoms with Crippen LogP contribution in [-0.4, -0.2) is 43.6 Å². The molecule has 0 saturated carbocycles. The summed E-state index contributed by atoms with van der Waals surface area (Å²) in [5.74, 6) is 0.551. The Kier molecular flexibility index (Phi) is 4.84. The zero-order valence-corrected chi connectivity index (χ0v) is 15.4. The zero-order chi connectivity index (χ0) is 18.6. The van der Waals surface area contributed by atoms with E-state index in [9.17, 15) is 4.79 Å². The van der Waals surface area contributed by atoms with Crippen molar-refractivity contribution in [3.8, 4) is 5.75 Å². The summed E-state index contributed by atoms with van der Waals surface area (Å²) in [6, 6.07) is 5.45. The number of fused-ring (bicyclic) bond motifs is 1. The minimum atomic E-state index is -0.195. The first kappa shape index (κ1) is 17.2. The molecule has 1 unspecified atom stereocenters. The maximum atomic E-state index is 12.8. The number of aromatic nitrogens is 5. The minimum Gasteiger partial charge on any atom is -0.497 e. The van der Waals surface area contributed by atoms with Crippen molar-refractivity contribution in [2.24, 2.45) is 0 Å². The Bertz CT molecular complexity index is 989. The number of nitrogens with one attached hydrogen (secondary N) is 2. The van der Waals surface area contributed by atoms with Gasteiger partial charge in [-0.1, -0.05) is 0 Å². The van der Waals surface area contributed by atoms with E-state index in [4.69, 9.17) is 4.74 Å². The number of rotatable bonds is 7. The van der Waals surface area contributed by atoms with Gasteiger partial charge in [-0.15, -0.1) is 11.3 Å². The molecule has 0 spiro atoms. The van der Waals surface area contributed by atoms with E-state index in [0.29, 0.717) is 18.0 Å². The van der Waals surface area contributed by atoms with Crippen LogP contribution in [0, 0.1) is 0 Å². The maximum absolute atomic E-state index is 12.8. The highest BCUT2D eigenvalue weighted by atomic mass is 32.1. The van der Waals surface area contributed by atoms with Crippen LogP contribution in [0.1, 0.15) is 15.5 Å². The number of imidazole rings is 2. The molecule has 1 aromatic carbocycles. The number of ether oxygens (including phenoxy) is 1. The van der Waals surface area contributed by atoms with Gasteiger partial charge in [0.2, 0.25) is 0 Å². The summed E-state index contributed by atoms with van der Waals surface area (Å²) in [5, 5.41) is 3.51. The van der Waals surface area contributed by atoms with Crippen molar-refractivity contribution in [2.75, 3.05) is 7.11 Å². The van der Waals surface area contributed by atoms with Gasteiger partial charge in [-0.3, -0.25) is 4.79 Å². The third kappa shape index (κ3) is 3.98. The summed E-state index contributed by atoms with van der Waals surface area (Å²) in [4.78, 5) is 28.4. The van der Waals surface area contributed by atoms with E-state index in [2.05, 4.69) is 25.3 Å². The van der Waals surface area contributed by atoms with Crippen molar-refractivity contribution < 1.29 is 9.53 Å². The SMILES string of the molecule is COc1ccc2nc(C(=O)NC(Cc3cnc[nH]3)Cn3ccnc3)sc2c1. The van der Waals surface area contributed by atoms with Crippen LogP contribution in [0.3, 0.4) is 0 Å². The lowest BCUT2D eigenvalue weighted by Crippen LogP contribution is -2.39. The number of carbonyl (C=O) groups is 1. The Hall–Kier alpha value is -3.20. The molecule has 0 radical (unpaired) electrons. The summed E-state index contributed by atoms with van der Waals surface area (Å²) < 4.78 is 8.09. The molecular formula is C18H18N6O2S. The first-order chi connectivity index (χ1) is 13.2. The fourth-order valence-electron chi connectivity index (χ4n) is 2.85. The van der Waals surface area contributed by atoms with Gasteiger partial charge in [0.05, 0.1) is 36.0 Å². The van der Waals surface area contributed by atoms with E-state index >= 15 is 0 Å². The van der Waals surface area contributed by atoms with Crippen LogP contribution in [0.25, 0.3) is 10.2 Å². The number of benzene rings is 1. The molecule has 0 aliphatic heterocycles. The average Bonchev–Trinajstić information content (AvgIpc) is 3.42. The van der Waals surface area contributed by atoms with Gasteiger partial charge in [0.25, 0.3) is 5.91 Å². The predicted octanol–water partition coefficient (Wildman–Crippen LogP) is 2.27. The van der Waals surface area contributed by atoms with Crippen LogP contribution in [0.15, 0.2) is 49.4 Å². The Morgan fingerprint density at radius 3 is 3.07 bits per heavy atom. The molecule has 4 aromatic rings. The number of hydrogen-bond acceptors (Lipinski definition) is 6. The van der Waals surface area contributed by atoms with Crippen molar-refractivity contribution >= 4 is 27.5 Å². The number of aromatic amines is 1. The maximum Gasteiger partial charge on any atom is 0.280 e. The second kappa shape index (κ2) is 7.58. The molecule has 4 rings (SSSR count). The molecule has 2 N–H and O–H groups in total. The smallest absolute Gasteiger partial charge is 0.280 e. The summed E-state index contributed by atoms with van der Waals surface area (Å²) in [7, 11) is 1.62. The molecule has 8 nitrogen and oxygen atoms in total. The van der Waals surface area contributed by atoms with Crippen LogP contribution in [0.2, 0.25) is 0 Å². The highest BCUT2D eigenvalue weighted by Gasteiger charge is 2.19. The first-order valence-corrected chi connectivity index (χ1v) is 9.21. The van der Waals surface area contributed by atoms with E-state index in [0.717, 1.165) is 21.7 Å². The number of H-pyrrole nitrogens is 1. The Morgan fingerprint density at radius 1 is 1.41 bits per heavy atom. The van der Waals surface area contributed by atoms with Crippen LogP contribution < -0.4 is 10.1 Å². The standard InChI is InChI=1S/C18H18N6O2S/c1-26-14-2-3-15-16(7-14)27-18(23-15)17(25)22-13(6-12-8-20-10-21-12)9-24-5-4-19-11-24/h2-5,7-8,10-11,13H,6,9H2,1H3,(H,20,21)(H,22,25). The zero-order valence-electron chi connectivity index (χ0n) is 14.6. The monoisotopic (exact) mass is 382 g/mol. The molecule has 0 bridgehead atoms. The van der Waals surface area contributed by atoms with Crippen molar-refractivity contribution in [1.29, 1.82) is 0 Å². The molecule has 3 aromatic heterocycles. The van der Waals surface area contributed by atoms with E-state index in [1.807, 2.05) is 29.0 Å². The van der Waals surface area contributed by atoms with E-state index < -0.39 is 0 Å². The normalized spacial score (nSPS) is 12.2. The molecule has 0 aliphatic rings. The fraction of sp³-hybridized carbons (Fsp3) is 0.222. The second-order valence-electron chi connectivity index (χ2n) is 6.06. The molecule has 9 heteroatoms. The van der Waals surface area contributed by atoms with Gasteiger partial charge in [-0.25, -0.2) is 15.0 Å². The summed E-state index contributed by atoms with van der Waals surface area (Å²) in [5.41, 5.74) is 1.74. The van der Waals surface area contributed by atoms with Gasteiger partial charge >= 0.3 is 0 Å². The van der Waals surface area contributed by atoms with Crippen LogP contribution >= 0.6 is 11.3 Å². The minimum absolute atomic E-state index is 0.131. The van der Waals surface area contributed by atoms with E-state index in [1.165, 1.54) is 11.3 Å². The van der Waals surface area contributed by atoms with Gasteiger partial charge < -0.3 is 19.6 Å². The number of methoxy groups -OCH3 is 1. The Morgan fingerprint density at radius 2 is 2.33 bits per heavy atom. The highest BCUT2D eigenvalue weighted by molar-refractivity contribution is 7.20. The highest BCUT2D eigenvalue weighted by Crippen LogP contribution is 2.26. The number of hydrogen-bond donors (Lipinski definition) is 2. The van der Waals surface area contributed by atoms with Gasteiger partial charge in [0, 0.05) is 37.3 Å².